The Bertz CT molecular complexity index is 324. The van der Waals surface area contributed by atoms with Gasteiger partial charge in [-0.05, 0) is 38.0 Å². The highest BCUT2D eigenvalue weighted by molar-refractivity contribution is 6.30. The maximum Gasteiger partial charge on any atom is 0.142 e. The summed E-state index contributed by atoms with van der Waals surface area (Å²) in [5.41, 5.74) is 0.989. The van der Waals surface area contributed by atoms with Crippen LogP contribution >= 0.6 is 11.6 Å². The van der Waals surface area contributed by atoms with Crippen LogP contribution in [0.2, 0.25) is 5.02 Å². The molecule has 16 heavy (non-hydrogen) atoms. The molecule has 1 N–H and O–H groups in total. The van der Waals surface area contributed by atoms with Crippen LogP contribution in [-0.4, -0.2) is 12.6 Å². The van der Waals surface area contributed by atoms with Gasteiger partial charge in [0.25, 0.3) is 0 Å². The first-order chi connectivity index (χ1) is 7.71. The monoisotopic (exact) mass is 241 g/mol. The first-order valence-electron chi connectivity index (χ1n) is 5.90. The number of hydrogen-bond donors (Lipinski definition) is 1. The number of anilines is 1. The van der Waals surface area contributed by atoms with Crippen LogP contribution in [0.15, 0.2) is 18.2 Å². The van der Waals surface area contributed by atoms with Crippen LogP contribution in [-0.2, 0) is 0 Å². The first-order valence-corrected chi connectivity index (χ1v) is 6.27. The van der Waals surface area contributed by atoms with Crippen LogP contribution < -0.4 is 10.1 Å². The SMILES string of the molecule is CCOc1ccc(Cl)cc1NC(CC)CC. The molecule has 0 aliphatic carbocycles. The zero-order chi connectivity index (χ0) is 12.0. The average molecular weight is 242 g/mol. The second-order valence-corrected chi connectivity index (χ2v) is 4.17. The molecular weight excluding hydrogens is 222 g/mol. The van der Waals surface area contributed by atoms with Gasteiger partial charge in [-0.25, -0.2) is 0 Å². The van der Waals surface area contributed by atoms with E-state index >= 15 is 0 Å². The van der Waals surface area contributed by atoms with Gasteiger partial charge >= 0.3 is 0 Å². The number of rotatable bonds is 6. The number of ether oxygens (including phenoxy) is 1. The molecule has 0 spiro atoms. The lowest BCUT2D eigenvalue weighted by Gasteiger charge is -2.19. The summed E-state index contributed by atoms with van der Waals surface area (Å²) in [4.78, 5) is 0. The molecule has 2 nitrogen and oxygen atoms in total. The third-order valence-corrected chi connectivity index (χ3v) is 2.82. The average Bonchev–Trinajstić information content (AvgIpc) is 2.29. The smallest absolute Gasteiger partial charge is 0.142 e. The van der Waals surface area contributed by atoms with Gasteiger partial charge in [-0.1, -0.05) is 25.4 Å². The van der Waals surface area contributed by atoms with Crippen LogP contribution in [0.25, 0.3) is 0 Å². The van der Waals surface area contributed by atoms with Crippen molar-refractivity contribution in [3.8, 4) is 5.75 Å². The molecule has 0 aliphatic heterocycles. The van der Waals surface area contributed by atoms with Crippen molar-refractivity contribution < 1.29 is 4.74 Å². The fourth-order valence-corrected chi connectivity index (χ4v) is 1.78. The molecule has 1 aromatic rings. The van der Waals surface area contributed by atoms with Crippen molar-refractivity contribution in [3.05, 3.63) is 23.2 Å². The second-order valence-electron chi connectivity index (χ2n) is 3.73. The number of hydrogen-bond acceptors (Lipinski definition) is 2. The molecule has 0 amide bonds. The molecule has 0 bridgehead atoms. The van der Waals surface area contributed by atoms with Crippen molar-refractivity contribution in [2.45, 2.75) is 39.7 Å². The highest BCUT2D eigenvalue weighted by Gasteiger charge is 2.08. The third kappa shape index (κ3) is 3.60. The van der Waals surface area contributed by atoms with Crippen LogP contribution in [0.5, 0.6) is 5.75 Å². The number of benzene rings is 1. The van der Waals surface area contributed by atoms with E-state index in [-0.39, 0.29) is 0 Å². The van der Waals surface area contributed by atoms with E-state index in [1.165, 1.54) is 0 Å². The van der Waals surface area contributed by atoms with Crippen LogP contribution in [0.3, 0.4) is 0 Å². The summed E-state index contributed by atoms with van der Waals surface area (Å²) in [7, 11) is 0. The van der Waals surface area contributed by atoms with Crippen molar-refractivity contribution in [2.75, 3.05) is 11.9 Å². The van der Waals surface area contributed by atoms with E-state index in [1.807, 2.05) is 25.1 Å². The largest absolute Gasteiger partial charge is 0.492 e. The van der Waals surface area contributed by atoms with E-state index in [0.29, 0.717) is 12.6 Å². The Balaban J connectivity index is 2.86. The molecular formula is C13H20ClNO. The van der Waals surface area contributed by atoms with Gasteiger partial charge in [0, 0.05) is 11.1 Å². The molecule has 3 heteroatoms. The van der Waals surface area contributed by atoms with Crippen LogP contribution in [0, 0.1) is 0 Å². The quantitative estimate of drug-likeness (QED) is 0.800. The Kier molecular flexibility index (Phi) is 5.47. The molecule has 0 aliphatic rings. The molecule has 0 saturated heterocycles. The Morgan fingerprint density at radius 1 is 1.25 bits per heavy atom. The Morgan fingerprint density at radius 2 is 1.94 bits per heavy atom. The molecule has 90 valence electrons. The maximum absolute atomic E-state index is 5.99. The lowest BCUT2D eigenvalue weighted by atomic mass is 10.1. The van der Waals surface area contributed by atoms with Crippen LogP contribution in [0.1, 0.15) is 33.6 Å². The molecule has 0 saturated carbocycles. The predicted octanol–water partition coefficient (Wildman–Crippen LogP) is 4.34. The second kappa shape index (κ2) is 6.64. The fraction of sp³-hybridized carbons (Fsp3) is 0.538. The van der Waals surface area contributed by atoms with E-state index in [1.54, 1.807) is 0 Å². The molecule has 0 radical (unpaired) electrons. The zero-order valence-electron chi connectivity index (χ0n) is 10.2. The van der Waals surface area contributed by atoms with Gasteiger partial charge in [-0.2, -0.15) is 0 Å². The highest BCUT2D eigenvalue weighted by Crippen LogP contribution is 2.29. The number of nitrogens with one attached hydrogen (secondary N) is 1. The molecule has 0 fully saturated rings. The fourth-order valence-electron chi connectivity index (χ4n) is 1.61. The summed E-state index contributed by atoms with van der Waals surface area (Å²) in [5.74, 6) is 0.874. The lowest BCUT2D eigenvalue weighted by molar-refractivity contribution is 0.341. The summed E-state index contributed by atoms with van der Waals surface area (Å²) >= 11 is 5.99. The standard InChI is InChI=1S/C13H20ClNO/c1-4-11(5-2)15-12-9-10(14)7-8-13(12)16-6-3/h7-9,11,15H,4-6H2,1-3H3. The van der Waals surface area contributed by atoms with E-state index in [4.69, 9.17) is 16.3 Å². The van der Waals surface area contributed by atoms with Crippen molar-refractivity contribution >= 4 is 17.3 Å². The van der Waals surface area contributed by atoms with E-state index < -0.39 is 0 Å². The normalized spacial score (nSPS) is 10.6. The van der Waals surface area contributed by atoms with Gasteiger partial charge in [0.05, 0.1) is 12.3 Å². The summed E-state index contributed by atoms with van der Waals surface area (Å²) in [6.07, 6.45) is 2.18. The summed E-state index contributed by atoms with van der Waals surface area (Å²) in [6.45, 7) is 6.99. The summed E-state index contributed by atoms with van der Waals surface area (Å²) < 4.78 is 5.56. The minimum Gasteiger partial charge on any atom is -0.492 e. The van der Waals surface area contributed by atoms with Gasteiger partial charge in [-0.15, -0.1) is 0 Å². The van der Waals surface area contributed by atoms with E-state index in [0.717, 1.165) is 29.3 Å². The van der Waals surface area contributed by atoms with Crippen molar-refractivity contribution in [3.63, 3.8) is 0 Å². The lowest BCUT2D eigenvalue weighted by Crippen LogP contribution is -2.17. The third-order valence-electron chi connectivity index (χ3n) is 2.59. The Morgan fingerprint density at radius 3 is 2.50 bits per heavy atom. The van der Waals surface area contributed by atoms with Gasteiger partial charge in [0.2, 0.25) is 0 Å². The summed E-state index contributed by atoms with van der Waals surface area (Å²) in [6, 6.07) is 6.16. The first kappa shape index (κ1) is 13.2. The minimum absolute atomic E-state index is 0.470. The van der Waals surface area contributed by atoms with Crippen LogP contribution in [0.4, 0.5) is 5.69 Å². The molecule has 1 rings (SSSR count). The Labute approximate surface area is 103 Å². The maximum atomic E-state index is 5.99. The zero-order valence-corrected chi connectivity index (χ0v) is 11.0. The van der Waals surface area contributed by atoms with Gasteiger partial charge in [-0.3, -0.25) is 0 Å². The topological polar surface area (TPSA) is 21.3 Å². The molecule has 0 aromatic heterocycles. The highest BCUT2D eigenvalue weighted by atomic mass is 35.5. The van der Waals surface area contributed by atoms with Crippen molar-refractivity contribution in [1.82, 2.24) is 0 Å². The molecule has 0 heterocycles. The van der Waals surface area contributed by atoms with Gasteiger partial charge in [0.1, 0.15) is 5.75 Å². The predicted molar refractivity (Wildman–Crippen MR) is 70.6 cm³/mol. The Hall–Kier alpha value is -0.890. The van der Waals surface area contributed by atoms with Gasteiger partial charge < -0.3 is 10.1 Å². The minimum atomic E-state index is 0.470. The molecule has 0 unspecified atom stereocenters. The molecule has 1 aromatic carbocycles. The van der Waals surface area contributed by atoms with E-state index in [2.05, 4.69) is 19.2 Å². The van der Waals surface area contributed by atoms with Gasteiger partial charge in [0.15, 0.2) is 0 Å². The summed E-state index contributed by atoms with van der Waals surface area (Å²) in [5, 5.41) is 4.20. The van der Waals surface area contributed by atoms with Crippen molar-refractivity contribution in [2.24, 2.45) is 0 Å². The van der Waals surface area contributed by atoms with Crippen molar-refractivity contribution in [1.29, 1.82) is 0 Å². The van der Waals surface area contributed by atoms with E-state index in [9.17, 15) is 0 Å². The number of halogens is 1. The molecule has 0 atom stereocenters.